The number of carbonyl (C=O) groups is 6. The normalized spacial score (nSPS) is 16.7. The summed E-state index contributed by atoms with van der Waals surface area (Å²) in [6.45, 7) is 47.8. The van der Waals surface area contributed by atoms with Gasteiger partial charge in [-0.1, -0.05) is 212 Å². The van der Waals surface area contributed by atoms with Crippen LogP contribution in [-0.4, -0.2) is 224 Å². The maximum Gasteiger partial charge on any atom is 1.00 e. The van der Waals surface area contributed by atoms with Gasteiger partial charge in [0.2, 0.25) is 6.54 Å². The van der Waals surface area contributed by atoms with Gasteiger partial charge < -0.3 is 119 Å². The van der Waals surface area contributed by atoms with Gasteiger partial charge in [0.15, 0.2) is 19.6 Å². The van der Waals surface area contributed by atoms with Gasteiger partial charge in [0.1, 0.15) is 41.5 Å². The molecule has 5 unspecified atom stereocenters. The standard InChI is InChI=1S/C18H27BO4.C13H18BNO5.C12H24B2O4.C12H15BrO2.C12H18O.C11H14BNO4.C11H16O2.C7H5BrO.2C2H4O2.CH3NO2.CH2O3.2K.Na.H2O.H/c1-7-14(8-2)21-15-11-9-10-13(12-20)16(15)19-22-17(3,4)18(5,6)23-19;1-3-9(4-2)19-11-7-5-6-10-12(8-15(17)18)20-14(16)13(10)11;1-9(2)10(3,4)16-13(15-9)14-17-11(5,6)12(7,8)18-14;1-3-10(4-2)15-11-7-5-6-9(8-14)12(11)13;1-3-11(2)9-13-10-12-7-5-4-6-8-12;13-4-10-8-2-1-3-9-11(8)12(17-10)15-6-7(5-14)16-9;1-2-11(12)9-13-8-10-6-4-3-5-7-10;8-7-4-2-1-3-6(7)5-9;3*1-2(3)4;2-1-4-3;;;;;/h9-12,14H,7-8H2,1-6H3;5-7,9,12,16H,3-4,8H2,1-2H3;1-8H3;5-8,10H,3-4H2,1-2H3;4-8,11H,3,9-10H2,1-2H3;1-3,7,10,14H,4-6,13H2;3-7,11-12H,2,8-9H2,1H3;1-5H;2*1H3,(H,3,4);1H3;1,3H;;;;1H2;/q;;;;;;;;;;;;3*+1;;-1/p-2. The molecule has 3 saturated heterocycles. The number of nitrogens with two attached hydrogens (primary N) is 1. The molecule has 46 heteroatoms. The minimum absolute atomic E-state index is 0. The second kappa shape index (κ2) is 76.4. The van der Waals surface area contributed by atoms with E-state index in [1.54, 1.807) is 36.4 Å². The van der Waals surface area contributed by atoms with Gasteiger partial charge in [0.05, 0.1) is 102 Å². The number of hydrogen-bond donors (Lipinski definition) is 6. The third-order valence-electron chi connectivity index (χ3n) is 23.8. The molecule has 0 aromatic heterocycles. The first-order valence-corrected chi connectivity index (χ1v) is 49.6. The molecule has 6 aliphatic heterocycles. The van der Waals surface area contributed by atoms with Crippen molar-refractivity contribution in [3.63, 3.8) is 0 Å². The summed E-state index contributed by atoms with van der Waals surface area (Å²) >= 11 is 6.60. The van der Waals surface area contributed by atoms with Crippen molar-refractivity contribution in [2.45, 2.75) is 300 Å². The second-order valence-electron chi connectivity index (χ2n) is 36.5. The molecule has 0 amide bonds. The molecule has 6 heterocycles. The monoisotopic (exact) mass is 2260 g/mol. The molecule has 13 rings (SSSR count). The fraction of sp³-hybridized carbons (Fsp3) is 0.529. The van der Waals surface area contributed by atoms with E-state index in [-0.39, 0.29) is 218 Å². The maximum absolute atomic E-state index is 11.5. The Morgan fingerprint density at radius 3 is 1.26 bits per heavy atom. The van der Waals surface area contributed by atoms with Crippen LogP contribution < -0.4 is 179 Å². The SMILES string of the molecule is CC(=O)O.CC(=O)O.CC1(C)OB(B2OC(C)(C)C(C)(C)O2)OC1(C)C.CCC(C)COCc1ccccc1.CCC(CC)Oc1cccc(C=O)c1B1OC(C)(C)C(C)(C)O1.CCC(CC)Oc1cccc(C=O)c1Br.CCC(CC)Oc1cccc2c1B(O)OC2C[N+](=O)[O-].CCC(O)COCc1ccccc1.C[N+](=O)[O-].NCC1OB2OCC(CO)Oc3cccc1c32.O=CO[O-].O=Cc1ccccc1Br.[H-].[K+].[K+].[Na+].[OH-]. The fourth-order valence-corrected chi connectivity index (χ4v) is 14.1. The summed E-state index contributed by atoms with van der Waals surface area (Å²) in [5.74, 6) is 1.69. The molecule has 0 bridgehead atoms. The first kappa shape index (κ1) is 147. The summed E-state index contributed by atoms with van der Waals surface area (Å²) in [6.07, 6.45) is 8.73. The van der Waals surface area contributed by atoms with Crippen molar-refractivity contribution in [3.8, 4) is 23.0 Å². The number of nitro groups is 2. The largest absolute Gasteiger partial charge is 1.00 e. The Morgan fingerprint density at radius 2 is 0.885 bits per heavy atom. The van der Waals surface area contributed by atoms with Crippen LogP contribution in [-0.2, 0) is 83.8 Å². The third kappa shape index (κ3) is 51.7. The van der Waals surface area contributed by atoms with Gasteiger partial charge in [-0.3, -0.25) is 49.0 Å². The molecule has 804 valence electrons. The van der Waals surface area contributed by atoms with Crippen molar-refractivity contribution in [3.05, 3.63) is 226 Å². The zero-order valence-corrected chi connectivity index (χ0v) is 102. The Morgan fingerprint density at radius 1 is 0.520 bits per heavy atom. The average Bonchev–Trinajstić information content (AvgIpc) is 1.59. The number of aliphatic hydroxyl groups is 2. The molecular formula is C102H151B5Br2K2N3NaO33. The number of aldehydes is 3. The summed E-state index contributed by atoms with van der Waals surface area (Å²) in [7, 11) is -2.26. The molecule has 7 aromatic carbocycles. The Bertz CT molecular complexity index is 4790. The van der Waals surface area contributed by atoms with Gasteiger partial charge in [-0.2, -0.15) is 0 Å². The Hall–Kier alpha value is -5.16. The summed E-state index contributed by atoms with van der Waals surface area (Å²) < 4.78 is 88.6. The first-order chi connectivity index (χ1) is 67.9. The number of rotatable bonds is 32. The Labute approximate surface area is 1000 Å². The van der Waals surface area contributed by atoms with E-state index in [1.165, 1.54) is 12.0 Å². The van der Waals surface area contributed by atoms with Crippen molar-refractivity contribution in [1.82, 2.24) is 0 Å². The molecule has 6 aliphatic rings. The van der Waals surface area contributed by atoms with E-state index in [9.17, 15) is 34.6 Å². The number of fused-ring (bicyclic) bond motifs is 1. The molecule has 0 aliphatic carbocycles. The predicted molar refractivity (Wildman–Crippen MR) is 563 cm³/mol. The zero-order chi connectivity index (χ0) is 109. The van der Waals surface area contributed by atoms with Crippen LogP contribution in [0.15, 0.2) is 167 Å². The van der Waals surface area contributed by atoms with Crippen LogP contribution in [0.3, 0.4) is 0 Å². The summed E-state index contributed by atoms with van der Waals surface area (Å²) in [4.78, 5) is 80.2. The van der Waals surface area contributed by atoms with E-state index in [2.05, 4.69) is 90.4 Å². The average molecular weight is 2260 g/mol. The van der Waals surface area contributed by atoms with Crippen LogP contribution >= 0.6 is 31.9 Å². The zero-order valence-electron chi connectivity index (χ0n) is 92.1. The van der Waals surface area contributed by atoms with Crippen LogP contribution in [0.1, 0.15) is 278 Å². The van der Waals surface area contributed by atoms with E-state index in [1.807, 2.05) is 213 Å². The Balaban J connectivity index is -0.000000792. The number of nitrogens with zero attached hydrogens (tertiary/aromatic N) is 2. The third-order valence-corrected chi connectivity index (χ3v) is 25.4. The molecule has 8 N–H and O–H groups in total. The van der Waals surface area contributed by atoms with Crippen LogP contribution in [0.5, 0.6) is 23.0 Å². The van der Waals surface area contributed by atoms with E-state index in [0.29, 0.717) is 77.0 Å². The number of aliphatic hydroxyl groups excluding tert-OH is 2. The topological polar surface area (TPSA) is 517 Å². The number of benzene rings is 7. The maximum atomic E-state index is 11.5. The van der Waals surface area contributed by atoms with Gasteiger partial charge in [0, 0.05) is 74.4 Å². The minimum Gasteiger partial charge on any atom is -1.00 e. The van der Waals surface area contributed by atoms with Gasteiger partial charge >= 0.3 is 168 Å². The molecule has 148 heavy (non-hydrogen) atoms. The number of hydrogen-bond acceptors (Lipinski definition) is 32. The van der Waals surface area contributed by atoms with Crippen molar-refractivity contribution < 1.29 is 284 Å². The minimum atomic E-state index is -1.17. The number of carbonyl (C=O) groups excluding carboxylic acids is 4. The van der Waals surface area contributed by atoms with E-state index < -0.39 is 74.5 Å². The van der Waals surface area contributed by atoms with Crippen molar-refractivity contribution in [1.29, 1.82) is 0 Å². The van der Waals surface area contributed by atoms with Crippen LogP contribution in [0.25, 0.3) is 0 Å². The number of halogens is 2. The molecule has 0 spiro atoms. The smallest absolute Gasteiger partial charge is 1.00 e. The molecule has 3 fully saturated rings. The second-order valence-corrected chi connectivity index (χ2v) is 38.2. The molecular weight excluding hydrogens is 2110 g/mol. The number of carboxylic acids is 2. The Kier molecular flexibility index (Phi) is 75.9. The van der Waals surface area contributed by atoms with Crippen LogP contribution in [0, 0.1) is 26.1 Å². The van der Waals surface area contributed by atoms with Gasteiger partial charge in [-0.25, -0.2) is 0 Å². The van der Waals surface area contributed by atoms with Crippen molar-refractivity contribution in [2.24, 2.45) is 11.7 Å². The van der Waals surface area contributed by atoms with Crippen molar-refractivity contribution in [2.75, 3.05) is 46.6 Å². The molecule has 0 radical (unpaired) electrons. The van der Waals surface area contributed by atoms with Gasteiger partial charge in [-0.15, -0.1) is 0 Å². The van der Waals surface area contributed by atoms with Gasteiger partial charge in [0.25, 0.3) is 18.4 Å². The molecule has 7 aromatic rings. The van der Waals surface area contributed by atoms with E-state index in [0.717, 1.165) is 135 Å². The molecule has 0 saturated carbocycles. The van der Waals surface area contributed by atoms with Crippen molar-refractivity contribution >= 4 is 121 Å². The van der Waals surface area contributed by atoms with Crippen LogP contribution in [0.2, 0.25) is 0 Å². The van der Waals surface area contributed by atoms with Crippen LogP contribution in [0.4, 0.5) is 0 Å². The summed E-state index contributed by atoms with van der Waals surface area (Å²) in [5, 5.41) is 71.0. The number of aliphatic carboxylic acids is 2. The van der Waals surface area contributed by atoms with E-state index >= 15 is 0 Å². The quantitative estimate of drug-likeness (QED) is 0.00824. The fourth-order valence-electron chi connectivity index (χ4n) is 13.3. The summed E-state index contributed by atoms with van der Waals surface area (Å²) in [5.41, 5.74) is 11.4. The summed E-state index contributed by atoms with van der Waals surface area (Å²) in [6, 6.07) is 49.5. The molecule has 5 atom stereocenters. The predicted octanol–water partition coefficient (Wildman–Crippen LogP) is 6.86. The molecule has 36 nitrogen and oxygen atoms in total. The van der Waals surface area contributed by atoms with Gasteiger partial charge in [-0.05, 0) is 202 Å². The number of ether oxygens (including phenoxy) is 6. The first-order valence-electron chi connectivity index (χ1n) is 48.0. The van der Waals surface area contributed by atoms with E-state index in [4.69, 9.17) is 121 Å². The number of carboxylic acid groups (broad SMARTS) is 2.